The number of amides is 2. The largest absolute Gasteiger partial charge is 0.383 e. The molecule has 0 fully saturated rings. The van der Waals surface area contributed by atoms with Gasteiger partial charge in [-0.05, 0) is 17.5 Å². The number of ether oxygens (including phenoxy) is 1. The Balaban J connectivity index is 1.87. The Morgan fingerprint density at radius 3 is 2.75 bits per heavy atom. The van der Waals surface area contributed by atoms with Crippen LogP contribution in [0.1, 0.15) is 29.8 Å². The maximum atomic E-state index is 14.4. The topological polar surface area (TPSA) is 62.2 Å². The zero-order valence-electron chi connectivity index (χ0n) is 15.8. The van der Waals surface area contributed by atoms with Crippen LogP contribution in [0.2, 0.25) is 0 Å². The summed E-state index contributed by atoms with van der Waals surface area (Å²) in [4.78, 5) is 27.2. The van der Waals surface area contributed by atoms with Gasteiger partial charge in [0.1, 0.15) is 12.4 Å². The van der Waals surface area contributed by atoms with E-state index in [9.17, 15) is 14.0 Å². The van der Waals surface area contributed by atoms with E-state index in [0.717, 1.165) is 10.6 Å². The third-order valence-corrected chi connectivity index (χ3v) is 5.49. The third kappa shape index (κ3) is 4.45. The van der Waals surface area contributed by atoms with Gasteiger partial charge < -0.3 is 9.64 Å². The van der Waals surface area contributed by atoms with E-state index in [1.54, 1.807) is 18.2 Å². The van der Waals surface area contributed by atoms with Crippen LogP contribution in [0.4, 0.5) is 4.39 Å². The van der Waals surface area contributed by atoms with Gasteiger partial charge in [0.05, 0.1) is 23.2 Å². The molecule has 1 aromatic heterocycles. The lowest BCUT2D eigenvalue weighted by Crippen LogP contribution is -2.41. The number of methoxy groups -OCH3 is 1. The van der Waals surface area contributed by atoms with Crippen LogP contribution < -0.4 is 0 Å². The fraction of sp³-hybridized carbons (Fsp3) is 0.350. The molecule has 0 spiro atoms. The van der Waals surface area contributed by atoms with Gasteiger partial charge in [0.25, 0.3) is 5.91 Å². The van der Waals surface area contributed by atoms with Crippen molar-refractivity contribution >= 4 is 28.9 Å². The monoisotopic (exact) mass is 403 g/mol. The molecule has 148 valence electrons. The number of hydrazone groups is 1. The highest BCUT2D eigenvalue weighted by Gasteiger charge is 2.35. The predicted molar refractivity (Wildman–Crippen MR) is 106 cm³/mol. The molecule has 0 aliphatic carbocycles. The Morgan fingerprint density at radius 1 is 1.32 bits per heavy atom. The van der Waals surface area contributed by atoms with Crippen molar-refractivity contribution in [3.63, 3.8) is 0 Å². The van der Waals surface area contributed by atoms with E-state index in [2.05, 4.69) is 5.10 Å². The van der Waals surface area contributed by atoms with Gasteiger partial charge in [-0.3, -0.25) is 9.59 Å². The molecule has 2 heterocycles. The van der Waals surface area contributed by atoms with Crippen LogP contribution in [-0.4, -0.2) is 54.2 Å². The third-order valence-electron chi connectivity index (χ3n) is 4.57. The van der Waals surface area contributed by atoms with Crippen molar-refractivity contribution in [2.24, 2.45) is 5.10 Å². The van der Waals surface area contributed by atoms with Crippen molar-refractivity contribution in [2.75, 3.05) is 26.8 Å². The Hall–Kier alpha value is -2.58. The molecule has 2 amide bonds. The molecule has 0 saturated carbocycles. The van der Waals surface area contributed by atoms with E-state index in [-0.39, 0.29) is 24.2 Å². The number of thiophene rings is 1. The number of rotatable bonds is 7. The molecule has 8 heteroatoms. The van der Waals surface area contributed by atoms with Gasteiger partial charge in [0.2, 0.25) is 5.91 Å². The average molecular weight is 403 g/mol. The second-order valence-electron chi connectivity index (χ2n) is 6.44. The number of benzene rings is 1. The van der Waals surface area contributed by atoms with Crippen LogP contribution in [0, 0.1) is 5.82 Å². The lowest BCUT2D eigenvalue weighted by molar-refractivity contribution is -0.141. The molecule has 0 saturated heterocycles. The molecule has 1 aliphatic heterocycles. The standard InChI is InChI=1S/C20H22FN3O3S/c1-14(25)23(9-10-27-2)13-20(26)24-18(15-6-3-4-7-16(15)21)12-17(22-24)19-8-5-11-28-19/h3-8,11,18H,9-10,12-13H2,1-2H3. The van der Waals surface area contributed by atoms with Gasteiger partial charge in [-0.1, -0.05) is 24.3 Å². The minimum atomic E-state index is -0.540. The summed E-state index contributed by atoms with van der Waals surface area (Å²) < 4.78 is 19.4. The second kappa shape index (κ2) is 9.07. The van der Waals surface area contributed by atoms with Crippen LogP contribution >= 0.6 is 11.3 Å². The van der Waals surface area contributed by atoms with Gasteiger partial charge in [-0.25, -0.2) is 9.40 Å². The Morgan fingerprint density at radius 2 is 2.11 bits per heavy atom. The van der Waals surface area contributed by atoms with Gasteiger partial charge in [-0.2, -0.15) is 5.10 Å². The fourth-order valence-electron chi connectivity index (χ4n) is 3.10. The number of hydrogen-bond acceptors (Lipinski definition) is 5. The summed E-state index contributed by atoms with van der Waals surface area (Å²) in [5.74, 6) is -0.962. The lowest BCUT2D eigenvalue weighted by Gasteiger charge is -2.26. The number of carbonyl (C=O) groups excluding carboxylic acids is 2. The van der Waals surface area contributed by atoms with E-state index in [4.69, 9.17) is 4.74 Å². The Labute approximate surface area is 167 Å². The highest BCUT2D eigenvalue weighted by atomic mass is 32.1. The number of carbonyl (C=O) groups is 2. The molecule has 0 N–H and O–H groups in total. The number of halogens is 1. The highest BCUT2D eigenvalue weighted by Crippen LogP contribution is 2.35. The van der Waals surface area contributed by atoms with Gasteiger partial charge in [-0.15, -0.1) is 11.3 Å². The van der Waals surface area contributed by atoms with Crippen molar-refractivity contribution in [2.45, 2.75) is 19.4 Å². The molecular formula is C20H22FN3O3S. The van der Waals surface area contributed by atoms with Gasteiger partial charge >= 0.3 is 0 Å². The first-order valence-electron chi connectivity index (χ1n) is 8.93. The van der Waals surface area contributed by atoms with Gasteiger partial charge in [0, 0.05) is 32.6 Å². The molecule has 0 bridgehead atoms. The predicted octanol–water partition coefficient (Wildman–Crippen LogP) is 3.06. The van der Waals surface area contributed by atoms with Crippen LogP contribution in [0.5, 0.6) is 0 Å². The molecule has 1 aromatic carbocycles. The molecule has 0 radical (unpaired) electrons. The second-order valence-corrected chi connectivity index (χ2v) is 7.38. The van der Waals surface area contributed by atoms with Crippen molar-refractivity contribution in [1.29, 1.82) is 0 Å². The molecule has 2 aromatic rings. The normalized spacial score (nSPS) is 16.2. The van der Waals surface area contributed by atoms with Crippen molar-refractivity contribution in [1.82, 2.24) is 9.91 Å². The first kappa shape index (κ1) is 20.2. The van der Waals surface area contributed by atoms with Crippen molar-refractivity contribution < 1.29 is 18.7 Å². The minimum absolute atomic E-state index is 0.134. The number of hydrogen-bond donors (Lipinski definition) is 0. The molecule has 6 nitrogen and oxygen atoms in total. The van der Waals surface area contributed by atoms with E-state index >= 15 is 0 Å². The zero-order chi connectivity index (χ0) is 20.1. The Kier molecular flexibility index (Phi) is 6.53. The maximum absolute atomic E-state index is 14.4. The summed E-state index contributed by atoms with van der Waals surface area (Å²) in [6.07, 6.45) is 0.422. The molecule has 1 atom stereocenters. The lowest BCUT2D eigenvalue weighted by atomic mass is 10.0. The van der Waals surface area contributed by atoms with Crippen LogP contribution in [0.15, 0.2) is 46.9 Å². The van der Waals surface area contributed by atoms with E-state index in [1.165, 1.54) is 41.3 Å². The summed E-state index contributed by atoms with van der Waals surface area (Å²) >= 11 is 1.52. The summed E-state index contributed by atoms with van der Waals surface area (Å²) in [7, 11) is 1.53. The first-order chi connectivity index (χ1) is 13.5. The SMILES string of the molecule is COCCN(CC(=O)N1N=C(c2cccs2)CC1c1ccccc1F)C(C)=O. The molecule has 28 heavy (non-hydrogen) atoms. The maximum Gasteiger partial charge on any atom is 0.262 e. The van der Waals surface area contributed by atoms with Gasteiger partial charge in [0.15, 0.2) is 0 Å². The highest BCUT2D eigenvalue weighted by molar-refractivity contribution is 7.12. The molecule has 3 rings (SSSR count). The van der Waals surface area contributed by atoms with Crippen LogP contribution in [0.3, 0.4) is 0 Å². The van der Waals surface area contributed by atoms with Crippen LogP contribution in [0.25, 0.3) is 0 Å². The van der Waals surface area contributed by atoms with E-state index in [0.29, 0.717) is 25.1 Å². The molecular weight excluding hydrogens is 381 g/mol. The summed E-state index contributed by atoms with van der Waals surface area (Å²) in [6, 6.07) is 9.70. The van der Waals surface area contributed by atoms with Crippen LogP contribution in [-0.2, 0) is 14.3 Å². The van der Waals surface area contributed by atoms with Crippen molar-refractivity contribution in [3.8, 4) is 0 Å². The fourth-order valence-corrected chi connectivity index (χ4v) is 3.83. The minimum Gasteiger partial charge on any atom is -0.383 e. The quantitative estimate of drug-likeness (QED) is 0.714. The van der Waals surface area contributed by atoms with E-state index in [1.807, 2.05) is 17.5 Å². The zero-order valence-corrected chi connectivity index (χ0v) is 16.6. The summed E-state index contributed by atoms with van der Waals surface area (Å²) in [5, 5.41) is 7.75. The number of nitrogens with zero attached hydrogens (tertiary/aromatic N) is 3. The first-order valence-corrected chi connectivity index (χ1v) is 9.81. The summed E-state index contributed by atoms with van der Waals surface area (Å²) in [5.41, 5.74) is 1.15. The van der Waals surface area contributed by atoms with Crippen molar-refractivity contribution in [3.05, 3.63) is 58.0 Å². The smallest absolute Gasteiger partial charge is 0.262 e. The average Bonchev–Trinajstić information content (AvgIpc) is 3.34. The molecule has 1 unspecified atom stereocenters. The van der Waals surface area contributed by atoms with E-state index < -0.39 is 6.04 Å². The summed E-state index contributed by atoms with van der Waals surface area (Å²) in [6.45, 7) is 1.90. The molecule has 1 aliphatic rings. The Bertz CT molecular complexity index is 869.